The third-order valence-electron chi connectivity index (χ3n) is 15.3. The van der Waals surface area contributed by atoms with E-state index in [1.807, 2.05) is 11.3 Å². The average molecular weight is 886 g/mol. The molecule has 0 fully saturated rings. The largest absolute Gasteiger partial charge is 0.376 e. The summed E-state index contributed by atoms with van der Waals surface area (Å²) in [7, 11) is 0. The molecule has 66 heavy (non-hydrogen) atoms. The van der Waals surface area contributed by atoms with Gasteiger partial charge in [-0.2, -0.15) is 0 Å². The minimum Gasteiger partial charge on any atom is -0.376 e. The van der Waals surface area contributed by atoms with E-state index in [0.29, 0.717) is 0 Å². The Morgan fingerprint density at radius 3 is 2.06 bits per heavy atom. The van der Waals surface area contributed by atoms with Crippen LogP contribution in [0.25, 0.3) is 90.7 Å². The molecule has 0 radical (unpaired) electrons. The predicted molar refractivity (Wildman–Crippen MR) is 286 cm³/mol. The Labute approximate surface area is 394 Å². The van der Waals surface area contributed by atoms with Crippen LogP contribution in [0, 0.1) is 0 Å². The molecule has 2 aliphatic heterocycles. The molecule has 8 aromatic carbocycles. The third-order valence-corrected chi connectivity index (χ3v) is 17.5. The van der Waals surface area contributed by atoms with Gasteiger partial charge < -0.3 is 9.38 Å². The lowest BCUT2D eigenvalue weighted by atomic mass is 9.44. The quantitative estimate of drug-likeness (QED) is 0.161. The van der Waals surface area contributed by atoms with Crippen molar-refractivity contribution in [3.63, 3.8) is 0 Å². The van der Waals surface area contributed by atoms with Crippen LogP contribution in [0.2, 0.25) is 0 Å². The van der Waals surface area contributed by atoms with Crippen LogP contribution in [0.15, 0.2) is 146 Å². The smallest absolute Gasteiger partial charge is 0.333 e. The zero-order chi connectivity index (χ0) is 44.8. The second kappa shape index (κ2) is 12.9. The lowest BCUT2D eigenvalue weighted by Crippen LogP contribution is -2.60. The Hall–Kier alpha value is -6.47. The summed E-state index contributed by atoms with van der Waals surface area (Å²) in [5.74, 6) is 0. The van der Waals surface area contributed by atoms with Crippen LogP contribution in [0.4, 0.5) is 11.4 Å². The van der Waals surface area contributed by atoms with Crippen molar-refractivity contribution in [2.45, 2.75) is 71.6 Å². The first-order chi connectivity index (χ1) is 31.7. The number of thiazole rings is 1. The molecule has 3 aromatic heterocycles. The molecule has 0 atom stereocenters. The van der Waals surface area contributed by atoms with Crippen LogP contribution in [-0.2, 0) is 16.2 Å². The molecule has 0 amide bonds. The van der Waals surface area contributed by atoms with E-state index < -0.39 is 0 Å². The molecule has 3 nitrogen and oxygen atoms in total. The van der Waals surface area contributed by atoms with Crippen molar-refractivity contribution in [1.29, 1.82) is 0 Å². The standard InChI is InChI=1S/C60H48BN3S2/c1-58(2,3)34-18-21-36(22-19-34)64-50-29-46-41(40-26-35(59(4,5)6)20-25-45(40)60(46,7)8)27-42(50)38-23-24-39-43-28-44-37-16-12-13-17-52(37)65-53(44)31-49(43)63-51-32-54-48(30-47(51)61(64)55(38)56(39)63)62-57(66-54)33-14-10-9-11-15-33/h9-32H,1-8H3. The molecule has 0 unspecified atom stereocenters. The fourth-order valence-electron chi connectivity index (χ4n) is 11.8. The summed E-state index contributed by atoms with van der Waals surface area (Å²) in [6.45, 7) is 18.7. The van der Waals surface area contributed by atoms with Gasteiger partial charge in [0.05, 0.1) is 21.3 Å². The van der Waals surface area contributed by atoms with Crippen LogP contribution in [0.3, 0.4) is 0 Å². The Balaban J connectivity index is 1.12. The van der Waals surface area contributed by atoms with Crippen LogP contribution in [-0.4, -0.2) is 16.4 Å². The highest BCUT2D eigenvalue weighted by atomic mass is 32.1. The number of hydrogen-bond donors (Lipinski definition) is 0. The second-order valence-corrected chi connectivity index (χ2v) is 23.7. The maximum absolute atomic E-state index is 5.41. The van der Waals surface area contributed by atoms with Crippen LogP contribution in [0.5, 0.6) is 0 Å². The van der Waals surface area contributed by atoms with Gasteiger partial charge in [-0.25, -0.2) is 4.98 Å². The summed E-state index contributed by atoms with van der Waals surface area (Å²) in [6.07, 6.45) is 0. The number of fused-ring (bicyclic) bond motifs is 15. The Bertz CT molecular complexity index is 3930. The molecule has 0 saturated carbocycles. The van der Waals surface area contributed by atoms with E-state index in [1.54, 1.807) is 11.3 Å². The third kappa shape index (κ3) is 5.17. The highest BCUT2D eigenvalue weighted by Crippen LogP contribution is 2.55. The molecule has 14 rings (SSSR count). The highest BCUT2D eigenvalue weighted by Gasteiger charge is 2.46. The van der Waals surface area contributed by atoms with Crippen LogP contribution >= 0.6 is 22.7 Å². The van der Waals surface area contributed by atoms with Crippen molar-refractivity contribution in [2.75, 3.05) is 4.81 Å². The molecular weight excluding hydrogens is 838 g/mol. The first-order valence-electron chi connectivity index (χ1n) is 23.4. The maximum atomic E-state index is 5.41. The monoisotopic (exact) mass is 885 g/mol. The lowest BCUT2D eigenvalue weighted by molar-refractivity contribution is 0.589. The van der Waals surface area contributed by atoms with Gasteiger partial charge in [0.1, 0.15) is 5.01 Å². The predicted octanol–water partition coefficient (Wildman–Crippen LogP) is 15.6. The second-order valence-electron chi connectivity index (χ2n) is 21.6. The topological polar surface area (TPSA) is 21.1 Å². The molecule has 0 spiro atoms. The van der Waals surface area contributed by atoms with Gasteiger partial charge in [0, 0.05) is 64.5 Å². The number of anilines is 2. The van der Waals surface area contributed by atoms with E-state index in [4.69, 9.17) is 4.98 Å². The van der Waals surface area contributed by atoms with Gasteiger partial charge in [-0.3, -0.25) is 0 Å². The van der Waals surface area contributed by atoms with Crippen molar-refractivity contribution in [3.8, 4) is 38.5 Å². The SMILES string of the molecule is CC(C)(C)c1ccc(N2B3c4cc5nc(-c6ccccc6)sc5cc4-n4c5cc6sc7ccccc7c6cc5c5ccc(c3c54)-c3cc4c(cc32)C(C)(C)c2ccc(C(C)(C)C)cc2-4)cc1. The molecule has 5 heterocycles. The zero-order valence-corrected chi connectivity index (χ0v) is 40.2. The van der Waals surface area contributed by atoms with E-state index in [0.717, 1.165) is 16.1 Å². The van der Waals surface area contributed by atoms with E-state index in [9.17, 15) is 0 Å². The molecule has 6 heteroatoms. The van der Waals surface area contributed by atoms with Crippen molar-refractivity contribution in [3.05, 3.63) is 168 Å². The van der Waals surface area contributed by atoms with Gasteiger partial charge in [-0.15, -0.1) is 22.7 Å². The van der Waals surface area contributed by atoms with Crippen molar-refractivity contribution >= 4 is 104 Å². The van der Waals surface area contributed by atoms with Gasteiger partial charge in [-0.1, -0.05) is 146 Å². The van der Waals surface area contributed by atoms with Crippen LogP contribution < -0.4 is 15.7 Å². The molecule has 0 saturated heterocycles. The molecule has 318 valence electrons. The summed E-state index contributed by atoms with van der Waals surface area (Å²) in [4.78, 5) is 8.11. The van der Waals surface area contributed by atoms with Gasteiger partial charge in [-0.05, 0) is 115 Å². The van der Waals surface area contributed by atoms with Gasteiger partial charge >= 0.3 is 6.85 Å². The number of benzene rings is 8. The summed E-state index contributed by atoms with van der Waals surface area (Å²) in [5.41, 5.74) is 21.9. The molecule has 3 aliphatic rings. The van der Waals surface area contributed by atoms with E-state index in [2.05, 4.69) is 210 Å². The average Bonchev–Trinajstić information content (AvgIpc) is 4.04. The van der Waals surface area contributed by atoms with Crippen molar-refractivity contribution < 1.29 is 0 Å². The Morgan fingerprint density at radius 1 is 0.530 bits per heavy atom. The van der Waals surface area contributed by atoms with E-state index in [1.165, 1.54) is 119 Å². The number of thiophene rings is 1. The molecular formula is C60H48BN3S2. The maximum Gasteiger partial charge on any atom is 0.333 e. The fourth-order valence-corrected chi connectivity index (χ4v) is 14.0. The Morgan fingerprint density at radius 2 is 1.27 bits per heavy atom. The molecule has 1 aliphatic carbocycles. The summed E-state index contributed by atoms with van der Waals surface area (Å²) < 4.78 is 6.49. The summed E-state index contributed by atoms with van der Waals surface area (Å²) >= 11 is 3.70. The number of hydrogen-bond acceptors (Lipinski definition) is 4. The number of aromatic nitrogens is 2. The van der Waals surface area contributed by atoms with Gasteiger partial charge in [0.25, 0.3) is 0 Å². The van der Waals surface area contributed by atoms with Gasteiger partial charge in [0.2, 0.25) is 0 Å². The number of rotatable bonds is 2. The van der Waals surface area contributed by atoms with Crippen LogP contribution in [0.1, 0.15) is 77.6 Å². The summed E-state index contributed by atoms with van der Waals surface area (Å²) in [6, 6.07) is 56.3. The minimum atomic E-state index is -0.170. The fraction of sp³-hybridized carbons (Fsp3) is 0.183. The lowest BCUT2D eigenvalue weighted by Gasteiger charge is -2.42. The van der Waals surface area contributed by atoms with E-state index in [-0.39, 0.29) is 23.1 Å². The highest BCUT2D eigenvalue weighted by molar-refractivity contribution is 7.26. The van der Waals surface area contributed by atoms with E-state index >= 15 is 0 Å². The molecule has 0 bridgehead atoms. The summed E-state index contributed by atoms with van der Waals surface area (Å²) in [5, 5.41) is 6.32. The molecule has 11 aromatic rings. The van der Waals surface area contributed by atoms with Crippen molar-refractivity contribution in [2.24, 2.45) is 0 Å². The Kier molecular flexibility index (Phi) is 7.58. The molecule has 0 N–H and O–H groups in total. The van der Waals surface area contributed by atoms with Gasteiger partial charge in [0.15, 0.2) is 0 Å². The minimum absolute atomic E-state index is 0.0315. The normalized spacial score (nSPS) is 14.7. The number of nitrogens with zero attached hydrogens (tertiary/aromatic N) is 3. The van der Waals surface area contributed by atoms with Crippen molar-refractivity contribution in [1.82, 2.24) is 9.55 Å². The first kappa shape index (κ1) is 38.8. The zero-order valence-electron chi connectivity index (χ0n) is 38.6. The first-order valence-corrected chi connectivity index (χ1v) is 25.0.